The van der Waals surface area contributed by atoms with Gasteiger partial charge in [0.05, 0.1) is 5.69 Å². The Kier molecular flexibility index (Phi) is 8.41. The Morgan fingerprint density at radius 3 is 2.85 bits per heavy atom. The van der Waals surface area contributed by atoms with Gasteiger partial charge in [-0.05, 0) is 53.2 Å². The quantitative estimate of drug-likeness (QED) is 0.590. The lowest BCUT2D eigenvalue weighted by Crippen LogP contribution is -2.27. The van der Waals surface area contributed by atoms with E-state index >= 15 is 0 Å². The van der Waals surface area contributed by atoms with Crippen molar-refractivity contribution in [1.82, 2.24) is 25.2 Å². The molecule has 0 saturated carbocycles. The van der Waals surface area contributed by atoms with Crippen LogP contribution in [0.2, 0.25) is 0 Å². The van der Waals surface area contributed by atoms with E-state index in [1.807, 2.05) is 6.20 Å². The van der Waals surface area contributed by atoms with E-state index in [0.717, 1.165) is 38.3 Å². The van der Waals surface area contributed by atoms with Crippen LogP contribution in [0.1, 0.15) is 38.8 Å². The largest absolute Gasteiger partial charge is 0.396 e. The maximum absolute atomic E-state index is 8.75. The van der Waals surface area contributed by atoms with E-state index < -0.39 is 0 Å². The van der Waals surface area contributed by atoms with Crippen LogP contribution in [0.3, 0.4) is 0 Å². The zero-order valence-electron chi connectivity index (χ0n) is 13.0. The Morgan fingerprint density at radius 2 is 2.15 bits per heavy atom. The van der Waals surface area contributed by atoms with Crippen LogP contribution in [0.5, 0.6) is 0 Å². The van der Waals surface area contributed by atoms with Crippen molar-refractivity contribution in [3.05, 3.63) is 11.9 Å². The van der Waals surface area contributed by atoms with E-state index in [1.165, 1.54) is 12.8 Å². The third kappa shape index (κ3) is 6.98. The van der Waals surface area contributed by atoms with Crippen molar-refractivity contribution in [2.24, 2.45) is 0 Å². The van der Waals surface area contributed by atoms with Gasteiger partial charge in [-0.2, -0.15) is 0 Å². The van der Waals surface area contributed by atoms with Crippen LogP contribution in [-0.2, 0) is 13.1 Å². The molecule has 0 aliphatic rings. The minimum Gasteiger partial charge on any atom is -0.396 e. The standard InChI is InChI=1S/C14H29N5O/c1-13(2)18(3)8-5-4-7-15-11-14-12-19(17-16-14)9-6-10-20/h12-13,15,20H,4-11H2,1-3H3. The van der Waals surface area contributed by atoms with Crippen molar-refractivity contribution in [3.63, 3.8) is 0 Å². The van der Waals surface area contributed by atoms with E-state index in [1.54, 1.807) is 4.68 Å². The lowest BCUT2D eigenvalue weighted by Gasteiger charge is -2.20. The fourth-order valence-electron chi connectivity index (χ4n) is 1.85. The fourth-order valence-corrected chi connectivity index (χ4v) is 1.85. The summed E-state index contributed by atoms with van der Waals surface area (Å²) < 4.78 is 1.78. The number of nitrogens with zero attached hydrogens (tertiary/aromatic N) is 4. The number of nitrogens with one attached hydrogen (secondary N) is 1. The fraction of sp³-hybridized carbons (Fsp3) is 0.857. The molecule has 0 fully saturated rings. The van der Waals surface area contributed by atoms with E-state index in [4.69, 9.17) is 5.11 Å². The molecular formula is C14H29N5O. The number of unbranched alkanes of at least 4 members (excludes halogenated alkanes) is 1. The summed E-state index contributed by atoms with van der Waals surface area (Å²) in [7, 11) is 2.17. The molecule has 0 saturated heterocycles. The Balaban J connectivity index is 2.05. The van der Waals surface area contributed by atoms with Crippen molar-refractivity contribution in [1.29, 1.82) is 0 Å². The molecule has 0 aromatic carbocycles. The van der Waals surface area contributed by atoms with E-state index in [9.17, 15) is 0 Å². The van der Waals surface area contributed by atoms with E-state index in [-0.39, 0.29) is 6.61 Å². The van der Waals surface area contributed by atoms with Crippen LogP contribution in [0, 0.1) is 0 Å². The van der Waals surface area contributed by atoms with Gasteiger partial charge in [0.25, 0.3) is 0 Å². The molecule has 1 rings (SSSR count). The maximum atomic E-state index is 8.75. The van der Waals surface area contributed by atoms with Gasteiger partial charge in [0, 0.05) is 31.9 Å². The zero-order valence-corrected chi connectivity index (χ0v) is 13.0. The van der Waals surface area contributed by atoms with Gasteiger partial charge in [-0.25, -0.2) is 0 Å². The first kappa shape index (κ1) is 17.1. The molecule has 6 heteroatoms. The van der Waals surface area contributed by atoms with Crippen molar-refractivity contribution in [3.8, 4) is 0 Å². The first-order valence-corrected chi connectivity index (χ1v) is 7.54. The average molecular weight is 283 g/mol. The predicted molar refractivity (Wildman–Crippen MR) is 80.4 cm³/mol. The third-order valence-corrected chi connectivity index (χ3v) is 3.43. The van der Waals surface area contributed by atoms with Gasteiger partial charge in [-0.15, -0.1) is 5.10 Å². The normalized spacial score (nSPS) is 11.7. The Labute approximate surface area is 122 Å². The van der Waals surface area contributed by atoms with Crippen LogP contribution in [0.15, 0.2) is 6.20 Å². The minimum absolute atomic E-state index is 0.193. The molecule has 0 unspecified atom stereocenters. The first-order valence-electron chi connectivity index (χ1n) is 7.54. The molecule has 0 aliphatic carbocycles. The number of rotatable bonds is 11. The molecule has 1 aromatic rings. The summed E-state index contributed by atoms with van der Waals surface area (Å²) in [5.74, 6) is 0. The van der Waals surface area contributed by atoms with Crippen LogP contribution < -0.4 is 5.32 Å². The van der Waals surface area contributed by atoms with Gasteiger partial charge in [-0.3, -0.25) is 4.68 Å². The van der Waals surface area contributed by atoms with Crippen molar-refractivity contribution < 1.29 is 5.11 Å². The molecule has 6 nitrogen and oxygen atoms in total. The second-order valence-electron chi connectivity index (χ2n) is 5.51. The van der Waals surface area contributed by atoms with Gasteiger partial charge in [0.1, 0.15) is 0 Å². The Hall–Kier alpha value is -0.980. The summed E-state index contributed by atoms with van der Waals surface area (Å²) in [5.41, 5.74) is 0.960. The van der Waals surface area contributed by atoms with E-state index in [0.29, 0.717) is 6.04 Å². The van der Waals surface area contributed by atoms with E-state index in [2.05, 4.69) is 41.4 Å². The minimum atomic E-state index is 0.193. The molecule has 0 bridgehead atoms. The lowest BCUT2D eigenvalue weighted by atomic mass is 10.2. The molecule has 0 spiro atoms. The molecule has 0 amide bonds. The average Bonchev–Trinajstić information content (AvgIpc) is 2.87. The molecule has 116 valence electrons. The van der Waals surface area contributed by atoms with Crippen LogP contribution >= 0.6 is 0 Å². The second kappa shape index (κ2) is 9.85. The Morgan fingerprint density at radius 1 is 1.35 bits per heavy atom. The summed E-state index contributed by atoms with van der Waals surface area (Å²) in [6.07, 6.45) is 5.05. The summed E-state index contributed by atoms with van der Waals surface area (Å²) in [4.78, 5) is 2.37. The molecule has 1 aromatic heterocycles. The first-order chi connectivity index (χ1) is 9.63. The Bertz CT molecular complexity index is 353. The SMILES string of the molecule is CC(C)N(C)CCCCNCc1cn(CCCO)nn1. The van der Waals surface area contributed by atoms with Crippen molar-refractivity contribution >= 4 is 0 Å². The number of aromatic nitrogens is 3. The molecule has 0 aliphatic heterocycles. The number of aryl methyl sites for hydroxylation is 1. The molecule has 0 atom stereocenters. The highest BCUT2D eigenvalue weighted by atomic mass is 16.3. The van der Waals surface area contributed by atoms with Gasteiger partial charge in [0.2, 0.25) is 0 Å². The van der Waals surface area contributed by atoms with Crippen molar-refractivity contribution in [2.75, 3.05) is 26.7 Å². The van der Waals surface area contributed by atoms with Gasteiger partial charge >= 0.3 is 0 Å². The molecule has 0 radical (unpaired) electrons. The number of aliphatic hydroxyl groups is 1. The van der Waals surface area contributed by atoms with Crippen LogP contribution in [0.4, 0.5) is 0 Å². The van der Waals surface area contributed by atoms with Gasteiger partial charge < -0.3 is 15.3 Å². The van der Waals surface area contributed by atoms with Crippen LogP contribution in [-0.4, -0.2) is 57.8 Å². The number of aliphatic hydroxyl groups excluding tert-OH is 1. The third-order valence-electron chi connectivity index (χ3n) is 3.43. The maximum Gasteiger partial charge on any atom is 0.0964 e. The molecular weight excluding hydrogens is 254 g/mol. The highest BCUT2D eigenvalue weighted by molar-refractivity contribution is 4.91. The summed E-state index contributed by atoms with van der Waals surface area (Å²) in [6, 6.07) is 0.622. The molecule has 20 heavy (non-hydrogen) atoms. The van der Waals surface area contributed by atoms with Gasteiger partial charge in [0.15, 0.2) is 0 Å². The predicted octanol–water partition coefficient (Wildman–Crippen LogP) is 0.871. The highest BCUT2D eigenvalue weighted by Gasteiger charge is 2.02. The lowest BCUT2D eigenvalue weighted by molar-refractivity contribution is 0.268. The second-order valence-corrected chi connectivity index (χ2v) is 5.51. The molecule has 1 heterocycles. The zero-order chi connectivity index (χ0) is 14.8. The number of hydrogen-bond acceptors (Lipinski definition) is 5. The number of hydrogen-bond donors (Lipinski definition) is 2. The van der Waals surface area contributed by atoms with Gasteiger partial charge in [-0.1, -0.05) is 5.21 Å². The summed E-state index contributed by atoms with van der Waals surface area (Å²) >= 11 is 0. The summed E-state index contributed by atoms with van der Waals surface area (Å²) in [5, 5.41) is 20.3. The topological polar surface area (TPSA) is 66.2 Å². The molecule has 2 N–H and O–H groups in total. The monoisotopic (exact) mass is 283 g/mol. The highest BCUT2D eigenvalue weighted by Crippen LogP contribution is 1.98. The smallest absolute Gasteiger partial charge is 0.0964 e. The van der Waals surface area contributed by atoms with Crippen LogP contribution in [0.25, 0.3) is 0 Å². The van der Waals surface area contributed by atoms with Crippen molar-refractivity contribution in [2.45, 2.75) is 52.2 Å². The summed E-state index contributed by atoms with van der Waals surface area (Å²) in [6.45, 7) is 8.28.